The zero-order chi connectivity index (χ0) is 13.0. The molecule has 2 rings (SSSR count). The molecule has 94 valence electrons. The number of nitrogens with zero attached hydrogens (tertiary/aromatic N) is 1. The Kier molecular flexibility index (Phi) is 4.15. The second-order valence-corrected chi connectivity index (χ2v) is 4.41. The molecule has 1 unspecified atom stereocenters. The van der Waals surface area contributed by atoms with E-state index in [9.17, 15) is 4.39 Å². The molecule has 2 aromatic rings. The Hall–Kier alpha value is -1.61. The molecule has 4 heteroatoms. The molecule has 0 aliphatic carbocycles. The van der Waals surface area contributed by atoms with E-state index >= 15 is 0 Å². The van der Waals surface area contributed by atoms with Crippen LogP contribution in [-0.4, -0.2) is 12.1 Å². The van der Waals surface area contributed by atoms with E-state index in [2.05, 4.69) is 4.98 Å². The molecule has 0 spiro atoms. The monoisotopic (exact) mass is 265 g/mol. The topological polar surface area (TPSA) is 22.1 Å². The smallest absolute Gasteiger partial charge is 0.131 e. The van der Waals surface area contributed by atoms with Crippen molar-refractivity contribution in [3.8, 4) is 5.75 Å². The molecule has 0 aliphatic rings. The Morgan fingerprint density at radius 1 is 1.28 bits per heavy atom. The van der Waals surface area contributed by atoms with Gasteiger partial charge in [-0.2, -0.15) is 0 Å². The van der Waals surface area contributed by atoms with E-state index in [1.54, 1.807) is 24.5 Å². The third kappa shape index (κ3) is 2.79. The Morgan fingerprint density at radius 2 is 2.00 bits per heavy atom. The van der Waals surface area contributed by atoms with Gasteiger partial charge in [-0.1, -0.05) is 6.07 Å². The zero-order valence-electron chi connectivity index (χ0n) is 9.94. The third-order valence-electron chi connectivity index (χ3n) is 2.71. The van der Waals surface area contributed by atoms with Crippen LogP contribution in [0.4, 0.5) is 4.39 Å². The van der Waals surface area contributed by atoms with Crippen LogP contribution in [0.2, 0.25) is 0 Å². The average Bonchev–Trinajstić information content (AvgIpc) is 2.39. The third-order valence-corrected chi connectivity index (χ3v) is 3.08. The van der Waals surface area contributed by atoms with Crippen molar-refractivity contribution >= 4 is 11.6 Å². The molecule has 1 aromatic carbocycles. The highest BCUT2D eigenvalue weighted by Crippen LogP contribution is 2.34. The van der Waals surface area contributed by atoms with Crippen molar-refractivity contribution in [1.82, 2.24) is 4.98 Å². The molecule has 0 radical (unpaired) electrons. The van der Waals surface area contributed by atoms with Crippen LogP contribution in [0.25, 0.3) is 0 Å². The summed E-state index contributed by atoms with van der Waals surface area (Å²) in [5.74, 6) is 0.132. The second-order valence-electron chi connectivity index (χ2n) is 3.88. The summed E-state index contributed by atoms with van der Waals surface area (Å²) >= 11 is 6.29. The summed E-state index contributed by atoms with van der Waals surface area (Å²) < 4.78 is 19.0. The lowest BCUT2D eigenvalue weighted by Crippen LogP contribution is -2.02. The van der Waals surface area contributed by atoms with Crippen molar-refractivity contribution in [3.05, 3.63) is 59.7 Å². The Balaban J connectivity index is 2.26. The lowest BCUT2D eigenvalue weighted by Gasteiger charge is -2.14. The molecule has 2 nitrogen and oxygen atoms in total. The predicted octanol–water partition coefficient (Wildman–Crippen LogP) is 3.75. The Bertz CT molecular complexity index is 518. The fraction of sp³-hybridized carbons (Fsp3) is 0.214. The fourth-order valence-electron chi connectivity index (χ4n) is 1.83. The molecular weight excluding hydrogens is 253 g/mol. The predicted molar refractivity (Wildman–Crippen MR) is 69.5 cm³/mol. The minimum Gasteiger partial charge on any atom is -0.496 e. The quantitative estimate of drug-likeness (QED) is 0.786. The van der Waals surface area contributed by atoms with Gasteiger partial charge in [0.1, 0.15) is 11.6 Å². The number of benzene rings is 1. The van der Waals surface area contributed by atoms with Gasteiger partial charge in [0, 0.05) is 18.0 Å². The van der Waals surface area contributed by atoms with Gasteiger partial charge in [-0.25, -0.2) is 4.39 Å². The highest BCUT2D eigenvalue weighted by atomic mass is 35.5. The van der Waals surface area contributed by atoms with E-state index in [-0.39, 0.29) is 5.82 Å². The van der Waals surface area contributed by atoms with Gasteiger partial charge in [0.25, 0.3) is 0 Å². The van der Waals surface area contributed by atoms with Crippen LogP contribution in [-0.2, 0) is 6.42 Å². The van der Waals surface area contributed by atoms with Crippen molar-refractivity contribution in [2.45, 2.75) is 11.8 Å². The van der Waals surface area contributed by atoms with Crippen LogP contribution in [0.5, 0.6) is 5.75 Å². The maximum absolute atomic E-state index is 13.8. The van der Waals surface area contributed by atoms with Gasteiger partial charge in [0.2, 0.25) is 0 Å². The molecule has 0 amide bonds. The summed E-state index contributed by atoms with van der Waals surface area (Å²) in [6.45, 7) is 0. The summed E-state index contributed by atoms with van der Waals surface area (Å²) in [7, 11) is 1.51. The number of alkyl halides is 1. The summed E-state index contributed by atoms with van der Waals surface area (Å²) in [5.41, 5.74) is 1.41. The van der Waals surface area contributed by atoms with Crippen molar-refractivity contribution in [2.75, 3.05) is 7.11 Å². The summed E-state index contributed by atoms with van der Waals surface area (Å²) in [4.78, 5) is 3.93. The fourth-order valence-corrected chi connectivity index (χ4v) is 2.22. The van der Waals surface area contributed by atoms with E-state index < -0.39 is 5.38 Å². The van der Waals surface area contributed by atoms with Gasteiger partial charge < -0.3 is 4.74 Å². The lowest BCUT2D eigenvalue weighted by molar-refractivity contribution is 0.403. The van der Waals surface area contributed by atoms with Crippen LogP contribution >= 0.6 is 11.6 Å². The summed E-state index contributed by atoms with van der Waals surface area (Å²) in [6.07, 6.45) is 3.91. The SMILES string of the molecule is COc1cccc(F)c1C(Cl)Cc1ccncc1. The van der Waals surface area contributed by atoms with Gasteiger partial charge in [0.05, 0.1) is 12.5 Å². The molecule has 0 N–H and O–H groups in total. The van der Waals surface area contributed by atoms with Crippen LogP contribution in [0, 0.1) is 5.82 Å². The van der Waals surface area contributed by atoms with E-state index in [0.29, 0.717) is 17.7 Å². The van der Waals surface area contributed by atoms with Crippen LogP contribution < -0.4 is 4.74 Å². The molecule has 0 saturated heterocycles. The zero-order valence-corrected chi connectivity index (χ0v) is 10.7. The van der Waals surface area contributed by atoms with Gasteiger partial charge in [-0.3, -0.25) is 4.98 Å². The molecule has 1 heterocycles. The number of methoxy groups -OCH3 is 1. The summed E-state index contributed by atoms with van der Waals surface area (Å²) in [6, 6.07) is 8.43. The minimum atomic E-state index is -0.469. The largest absolute Gasteiger partial charge is 0.496 e. The number of halogens is 2. The molecule has 1 atom stereocenters. The van der Waals surface area contributed by atoms with Gasteiger partial charge in [-0.15, -0.1) is 11.6 Å². The number of aromatic nitrogens is 1. The van der Waals surface area contributed by atoms with E-state index in [4.69, 9.17) is 16.3 Å². The maximum Gasteiger partial charge on any atom is 0.131 e. The molecule has 0 fully saturated rings. The van der Waals surface area contributed by atoms with Gasteiger partial charge in [-0.05, 0) is 36.2 Å². The number of pyridine rings is 1. The molecule has 0 bridgehead atoms. The van der Waals surface area contributed by atoms with Crippen LogP contribution in [0.3, 0.4) is 0 Å². The van der Waals surface area contributed by atoms with Crippen molar-refractivity contribution < 1.29 is 9.13 Å². The first-order valence-electron chi connectivity index (χ1n) is 5.57. The molecule has 1 aromatic heterocycles. The van der Waals surface area contributed by atoms with E-state index in [1.807, 2.05) is 12.1 Å². The minimum absolute atomic E-state index is 0.344. The maximum atomic E-state index is 13.8. The first kappa shape index (κ1) is 12.8. The average molecular weight is 266 g/mol. The highest BCUT2D eigenvalue weighted by Gasteiger charge is 2.18. The summed E-state index contributed by atoms with van der Waals surface area (Å²) in [5, 5.41) is -0.469. The van der Waals surface area contributed by atoms with Crippen molar-refractivity contribution in [3.63, 3.8) is 0 Å². The van der Waals surface area contributed by atoms with Crippen molar-refractivity contribution in [2.24, 2.45) is 0 Å². The van der Waals surface area contributed by atoms with Crippen LogP contribution in [0.15, 0.2) is 42.7 Å². The van der Waals surface area contributed by atoms with Crippen molar-refractivity contribution in [1.29, 1.82) is 0 Å². The highest BCUT2D eigenvalue weighted by molar-refractivity contribution is 6.21. The Morgan fingerprint density at radius 3 is 2.67 bits per heavy atom. The number of ether oxygens (including phenoxy) is 1. The molecular formula is C14H13ClFNO. The number of rotatable bonds is 4. The normalized spacial score (nSPS) is 12.2. The van der Waals surface area contributed by atoms with Crippen LogP contribution in [0.1, 0.15) is 16.5 Å². The van der Waals surface area contributed by atoms with E-state index in [0.717, 1.165) is 5.56 Å². The number of hydrogen-bond acceptors (Lipinski definition) is 2. The van der Waals surface area contributed by atoms with Gasteiger partial charge >= 0.3 is 0 Å². The number of hydrogen-bond donors (Lipinski definition) is 0. The van der Waals surface area contributed by atoms with E-state index in [1.165, 1.54) is 13.2 Å². The Labute approximate surface area is 110 Å². The molecule has 0 aliphatic heterocycles. The first-order valence-corrected chi connectivity index (χ1v) is 6.01. The molecule has 18 heavy (non-hydrogen) atoms. The first-order chi connectivity index (χ1) is 8.72. The molecule has 0 saturated carbocycles. The standard InChI is InChI=1S/C14H13ClFNO/c1-18-13-4-2-3-12(16)14(13)11(15)9-10-5-7-17-8-6-10/h2-8,11H,9H2,1H3. The second kappa shape index (κ2) is 5.83. The lowest BCUT2D eigenvalue weighted by atomic mass is 10.0. The van der Waals surface area contributed by atoms with Gasteiger partial charge in [0.15, 0.2) is 0 Å².